The van der Waals surface area contributed by atoms with Gasteiger partial charge in [0.2, 0.25) is 6.29 Å². The van der Waals surface area contributed by atoms with Gasteiger partial charge in [-0.3, -0.25) is 9.28 Å². The number of hydrogen-bond acceptors (Lipinski definition) is 3. The molecule has 0 aliphatic heterocycles. The first-order chi connectivity index (χ1) is 9.02. The smallest absolute Gasteiger partial charge is 0.252 e. The highest BCUT2D eigenvalue weighted by atomic mass is 35.5. The molecule has 2 unspecified atom stereocenters. The zero-order valence-corrected chi connectivity index (χ0v) is 13.1. The van der Waals surface area contributed by atoms with E-state index >= 15 is 0 Å². The molecule has 0 heterocycles. The van der Waals surface area contributed by atoms with Gasteiger partial charge in [0, 0.05) is 6.42 Å². The summed E-state index contributed by atoms with van der Waals surface area (Å²) in [6.45, 7) is 2.35. The Balaban J connectivity index is 0.00000361. The molecule has 1 rings (SSSR count). The van der Waals surface area contributed by atoms with Crippen LogP contribution in [0.25, 0.3) is 0 Å². The van der Waals surface area contributed by atoms with Gasteiger partial charge in [0.15, 0.2) is 6.23 Å². The van der Waals surface area contributed by atoms with Crippen molar-refractivity contribution in [1.82, 2.24) is 0 Å². The largest absolute Gasteiger partial charge is 1.00 e. The summed E-state index contributed by atoms with van der Waals surface area (Å²) in [5, 5.41) is 9.94. The van der Waals surface area contributed by atoms with Crippen LogP contribution in [-0.4, -0.2) is 49.0 Å². The van der Waals surface area contributed by atoms with Crippen molar-refractivity contribution in [3.8, 4) is 0 Å². The van der Waals surface area contributed by atoms with Crippen LogP contribution in [0.2, 0.25) is 0 Å². The fourth-order valence-electron chi connectivity index (χ4n) is 1.97. The van der Waals surface area contributed by atoms with Crippen molar-refractivity contribution < 1.29 is 31.5 Å². The minimum Gasteiger partial charge on any atom is -1.00 e. The van der Waals surface area contributed by atoms with Gasteiger partial charge < -0.3 is 22.3 Å². The summed E-state index contributed by atoms with van der Waals surface area (Å²) in [5.74, 6) is 0. The van der Waals surface area contributed by atoms with Crippen LogP contribution >= 0.6 is 0 Å². The zero-order chi connectivity index (χ0) is 14.3. The molecule has 0 radical (unpaired) electrons. The van der Waals surface area contributed by atoms with Crippen molar-refractivity contribution in [2.24, 2.45) is 0 Å². The lowest BCUT2D eigenvalue weighted by Crippen LogP contribution is -3.00. The molecule has 0 saturated carbocycles. The first kappa shape index (κ1) is 19.1. The second-order valence-corrected chi connectivity index (χ2v) is 5.15. The Morgan fingerprint density at radius 1 is 1.30 bits per heavy atom. The first-order valence-corrected chi connectivity index (χ1v) is 6.64. The van der Waals surface area contributed by atoms with Crippen LogP contribution in [0.15, 0.2) is 30.3 Å². The van der Waals surface area contributed by atoms with Gasteiger partial charge in [0.25, 0.3) is 6.23 Å². The second kappa shape index (κ2) is 9.08. The van der Waals surface area contributed by atoms with E-state index < -0.39 is 12.5 Å². The van der Waals surface area contributed by atoms with E-state index in [1.807, 2.05) is 37.3 Å². The minimum atomic E-state index is -0.640. The Morgan fingerprint density at radius 3 is 2.40 bits per heavy atom. The molecular weight excluding hydrogens is 278 g/mol. The van der Waals surface area contributed by atoms with Crippen molar-refractivity contribution in [3.05, 3.63) is 35.9 Å². The van der Waals surface area contributed by atoms with E-state index in [1.54, 1.807) is 14.1 Å². The van der Waals surface area contributed by atoms with Crippen molar-refractivity contribution in [2.75, 3.05) is 20.7 Å². The predicted molar refractivity (Wildman–Crippen MR) is 74.4 cm³/mol. The molecule has 1 N–H and O–H groups in total. The monoisotopic (exact) mass is 301 g/mol. The normalized spacial score (nSPS) is 14.2. The topological polar surface area (TPSA) is 46.5 Å². The van der Waals surface area contributed by atoms with Gasteiger partial charge in [-0.05, 0) is 12.0 Å². The molecule has 0 aliphatic rings. The number of rotatable bonds is 8. The lowest BCUT2D eigenvalue weighted by molar-refractivity contribution is -0.968. The summed E-state index contributed by atoms with van der Waals surface area (Å²) in [4.78, 5) is 11.2. The highest BCUT2D eigenvalue weighted by Crippen LogP contribution is 2.14. The highest BCUT2D eigenvalue weighted by Gasteiger charge is 2.34. The number of quaternary nitrogens is 1. The summed E-state index contributed by atoms with van der Waals surface area (Å²) < 4.78 is 5.76. The number of likely N-dealkylation sites (N-methyl/N-ethyl adjacent to an activating group) is 1. The van der Waals surface area contributed by atoms with Gasteiger partial charge >= 0.3 is 0 Å². The maximum atomic E-state index is 11.2. The summed E-state index contributed by atoms with van der Waals surface area (Å²) in [6, 6.07) is 9.98. The maximum Gasteiger partial charge on any atom is 0.252 e. The molecule has 0 fully saturated rings. The molecule has 20 heavy (non-hydrogen) atoms. The third-order valence-corrected chi connectivity index (χ3v) is 3.43. The van der Waals surface area contributed by atoms with E-state index in [0.717, 1.165) is 12.7 Å². The van der Waals surface area contributed by atoms with Crippen LogP contribution in [0.5, 0.6) is 0 Å². The molecule has 0 spiro atoms. The number of aldehydes is 1. The Hall–Kier alpha value is -0.940. The van der Waals surface area contributed by atoms with Gasteiger partial charge in [-0.2, -0.15) is 0 Å². The molecule has 114 valence electrons. The van der Waals surface area contributed by atoms with E-state index in [1.165, 1.54) is 5.56 Å². The average Bonchev–Trinajstić information content (AvgIpc) is 2.43. The second-order valence-electron chi connectivity index (χ2n) is 5.15. The number of halogens is 1. The Bertz CT molecular complexity index is 384. The van der Waals surface area contributed by atoms with Crippen molar-refractivity contribution in [1.29, 1.82) is 0 Å². The number of aliphatic hydroxyl groups is 1. The third kappa shape index (κ3) is 5.21. The Kier molecular flexibility index (Phi) is 8.65. The quantitative estimate of drug-likeness (QED) is 0.364. The fraction of sp³-hybridized carbons (Fsp3) is 0.533. The van der Waals surface area contributed by atoms with E-state index in [2.05, 4.69) is 0 Å². The molecule has 4 nitrogen and oxygen atoms in total. The molecule has 0 aliphatic carbocycles. The number of aliphatic hydroxyl groups excluding tert-OH is 1. The van der Waals surface area contributed by atoms with Crippen LogP contribution < -0.4 is 12.4 Å². The molecular formula is C15H24ClNO3. The molecule has 1 aromatic rings. The maximum absolute atomic E-state index is 11.2. The molecule has 5 heteroatoms. The summed E-state index contributed by atoms with van der Waals surface area (Å²) in [6.07, 6.45) is 0.863. The molecule has 0 saturated heterocycles. The van der Waals surface area contributed by atoms with Crippen molar-refractivity contribution in [3.63, 3.8) is 0 Å². The standard InChI is InChI=1S/C15H24NO3.ClH/c1-4-14(18)16(2,3)15(12-17)19-11-10-13-8-6-5-7-9-13;/h5-9,12,14-15,18H,4,10-11H2,1-3H3;1H/q+1;/p-1. The zero-order valence-electron chi connectivity index (χ0n) is 12.3. The molecule has 2 atom stereocenters. The minimum absolute atomic E-state index is 0. The van der Waals surface area contributed by atoms with Gasteiger partial charge in [0.1, 0.15) is 0 Å². The Labute approximate surface area is 127 Å². The van der Waals surface area contributed by atoms with Gasteiger partial charge in [0.05, 0.1) is 20.7 Å². The number of ether oxygens (including phenoxy) is 1. The molecule has 0 amide bonds. The lowest BCUT2D eigenvalue weighted by atomic mass is 10.2. The number of nitrogens with zero attached hydrogens (tertiary/aromatic N) is 1. The molecule has 0 bridgehead atoms. The first-order valence-electron chi connectivity index (χ1n) is 6.64. The highest BCUT2D eigenvalue weighted by molar-refractivity contribution is 5.53. The SMILES string of the molecule is CCC(O)[N+](C)(C)C(C=O)OCCc1ccccc1.[Cl-]. The van der Waals surface area contributed by atoms with E-state index in [-0.39, 0.29) is 16.9 Å². The third-order valence-electron chi connectivity index (χ3n) is 3.43. The summed E-state index contributed by atoms with van der Waals surface area (Å²) in [7, 11) is 3.60. The van der Waals surface area contributed by atoms with Crippen LogP contribution in [0.4, 0.5) is 0 Å². The van der Waals surface area contributed by atoms with Crippen LogP contribution in [-0.2, 0) is 16.0 Å². The fourth-order valence-corrected chi connectivity index (χ4v) is 1.97. The van der Waals surface area contributed by atoms with E-state index in [0.29, 0.717) is 13.0 Å². The van der Waals surface area contributed by atoms with Gasteiger partial charge in [-0.25, -0.2) is 0 Å². The van der Waals surface area contributed by atoms with E-state index in [9.17, 15) is 9.90 Å². The number of hydrogen-bond donors (Lipinski definition) is 1. The van der Waals surface area contributed by atoms with Crippen LogP contribution in [0.1, 0.15) is 18.9 Å². The van der Waals surface area contributed by atoms with Gasteiger partial charge in [-0.1, -0.05) is 37.3 Å². The lowest BCUT2D eigenvalue weighted by Gasteiger charge is -2.37. The van der Waals surface area contributed by atoms with E-state index in [4.69, 9.17) is 4.74 Å². The number of benzene rings is 1. The van der Waals surface area contributed by atoms with Crippen LogP contribution in [0.3, 0.4) is 0 Å². The molecule has 1 aromatic carbocycles. The van der Waals surface area contributed by atoms with Gasteiger partial charge in [-0.15, -0.1) is 0 Å². The number of carbonyl (C=O) groups excluding carboxylic acids is 1. The average molecular weight is 302 g/mol. The van der Waals surface area contributed by atoms with Crippen LogP contribution in [0, 0.1) is 0 Å². The van der Waals surface area contributed by atoms with Crippen molar-refractivity contribution >= 4 is 6.29 Å². The Morgan fingerprint density at radius 2 is 1.90 bits per heavy atom. The predicted octanol–water partition coefficient (Wildman–Crippen LogP) is -1.42. The number of carbonyl (C=O) groups is 1. The summed E-state index contributed by atoms with van der Waals surface area (Å²) in [5.41, 5.74) is 1.17. The van der Waals surface area contributed by atoms with Crippen molar-refractivity contribution in [2.45, 2.75) is 32.2 Å². The summed E-state index contributed by atoms with van der Waals surface area (Å²) >= 11 is 0. The molecule has 0 aromatic heterocycles.